The van der Waals surface area contributed by atoms with E-state index in [4.69, 9.17) is 20.4 Å². The lowest BCUT2D eigenvalue weighted by Gasteiger charge is -2.33. The molecule has 0 aliphatic carbocycles. The van der Waals surface area contributed by atoms with Crippen molar-refractivity contribution >= 4 is 5.97 Å². The molecule has 0 aromatic heterocycles. The summed E-state index contributed by atoms with van der Waals surface area (Å²) in [5, 5.41) is 34.9. The molecule has 0 aliphatic rings. The lowest BCUT2D eigenvalue weighted by Crippen LogP contribution is -2.55. The van der Waals surface area contributed by atoms with Crippen molar-refractivity contribution in [3.8, 4) is 0 Å². The van der Waals surface area contributed by atoms with Crippen molar-refractivity contribution in [2.45, 2.75) is 0 Å². The van der Waals surface area contributed by atoms with E-state index < -0.39 is 12.7 Å². The van der Waals surface area contributed by atoms with Crippen LogP contribution in [0.25, 0.3) is 0 Å². The maximum absolute atomic E-state index is 10.4. The molecule has 13 heavy (non-hydrogen) atoms. The topological polar surface area (TPSA) is 98.0 Å². The number of carboxylic acids is 1. The average molecular weight is 194 g/mol. The minimum atomic E-state index is -1.06. The van der Waals surface area contributed by atoms with Gasteiger partial charge in [0.1, 0.15) is 13.1 Å². The summed E-state index contributed by atoms with van der Waals surface area (Å²) >= 11 is 0. The number of carboxylic acid groups (broad SMARTS) is 1. The van der Waals surface area contributed by atoms with Crippen LogP contribution in [0.15, 0.2) is 0 Å². The quantitative estimate of drug-likeness (QED) is 0.273. The van der Waals surface area contributed by atoms with E-state index in [1.54, 1.807) is 0 Å². The Labute approximate surface area is 76.2 Å². The molecule has 0 rings (SSSR count). The predicted octanol–water partition coefficient (Wildman–Crippen LogP) is -2.18. The van der Waals surface area contributed by atoms with Crippen molar-refractivity contribution in [3.05, 3.63) is 0 Å². The number of hydrogen-bond acceptors (Lipinski definition) is 4. The molecule has 6 nitrogen and oxygen atoms in total. The van der Waals surface area contributed by atoms with Crippen LogP contribution in [0, 0.1) is 0 Å². The lowest BCUT2D eigenvalue weighted by molar-refractivity contribution is -0.939. The van der Waals surface area contributed by atoms with Crippen LogP contribution in [-0.4, -0.2) is 70.5 Å². The molecular formula is C7H16NO5+. The second-order valence-electron chi connectivity index (χ2n) is 2.93. The molecule has 0 bridgehead atoms. The lowest BCUT2D eigenvalue weighted by atomic mass is 10.3. The highest BCUT2D eigenvalue weighted by molar-refractivity contribution is 5.67. The van der Waals surface area contributed by atoms with Gasteiger partial charge in [-0.25, -0.2) is 4.79 Å². The van der Waals surface area contributed by atoms with Gasteiger partial charge in [-0.1, -0.05) is 0 Å². The summed E-state index contributed by atoms with van der Waals surface area (Å²) in [5.74, 6) is -1.06. The van der Waals surface area contributed by atoms with Gasteiger partial charge >= 0.3 is 5.97 Å². The zero-order valence-electron chi connectivity index (χ0n) is 7.39. The van der Waals surface area contributed by atoms with E-state index in [1.807, 2.05) is 0 Å². The third-order valence-electron chi connectivity index (χ3n) is 1.92. The first-order chi connectivity index (χ1) is 6.10. The van der Waals surface area contributed by atoms with E-state index in [1.165, 1.54) is 0 Å². The molecule has 6 heteroatoms. The Morgan fingerprint density at radius 2 is 1.54 bits per heavy atom. The number of hydrogen-bond donors (Lipinski definition) is 4. The average Bonchev–Trinajstić information content (AvgIpc) is 2.04. The summed E-state index contributed by atoms with van der Waals surface area (Å²) in [5.41, 5.74) is 0. The van der Waals surface area contributed by atoms with E-state index in [2.05, 4.69) is 0 Å². The summed E-state index contributed by atoms with van der Waals surface area (Å²) < 4.78 is -0.206. The Bertz CT molecular complexity index is 155. The van der Waals surface area contributed by atoms with Gasteiger partial charge in [0, 0.05) is 0 Å². The van der Waals surface area contributed by atoms with Crippen molar-refractivity contribution in [2.24, 2.45) is 0 Å². The number of carbonyl (C=O) groups is 1. The number of quaternary nitrogens is 1. The summed E-state index contributed by atoms with van der Waals surface area (Å²) in [6.07, 6.45) is 0. The van der Waals surface area contributed by atoms with Crippen LogP contribution in [-0.2, 0) is 4.79 Å². The molecule has 0 saturated carbocycles. The Morgan fingerprint density at radius 1 is 1.08 bits per heavy atom. The largest absolute Gasteiger partial charge is 0.477 e. The van der Waals surface area contributed by atoms with Crippen LogP contribution in [0.4, 0.5) is 0 Å². The van der Waals surface area contributed by atoms with Crippen molar-refractivity contribution in [3.63, 3.8) is 0 Å². The fourth-order valence-electron chi connectivity index (χ4n) is 1.17. The van der Waals surface area contributed by atoms with Gasteiger partial charge in [0.25, 0.3) is 0 Å². The van der Waals surface area contributed by atoms with Gasteiger partial charge in [-0.3, -0.25) is 4.48 Å². The van der Waals surface area contributed by atoms with E-state index in [-0.39, 0.29) is 37.3 Å². The molecule has 0 aromatic carbocycles. The highest BCUT2D eigenvalue weighted by atomic mass is 16.4. The van der Waals surface area contributed by atoms with Gasteiger partial charge < -0.3 is 20.4 Å². The van der Waals surface area contributed by atoms with Crippen molar-refractivity contribution in [2.75, 3.05) is 39.6 Å². The summed E-state index contributed by atoms with van der Waals surface area (Å²) in [6.45, 7) is -0.862. The summed E-state index contributed by atoms with van der Waals surface area (Å²) in [4.78, 5) is 10.4. The standard InChI is InChI=1S/C7H15NO5/c9-3-1-8(6-11,2-4-10)5-7(12)13/h9-11H,1-6H2/p+1. The summed E-state index contributed by atoms with van der Waals surface area (Å²) in [6, 6.07) is 0. The van der Waals surface area contributed by atoms with Gasteiger partial charge in [0.15, 0.2) is 13.3 Å². The molecule has 0 aliphatic heterocycles. The molecule has 0 atom stereocenters. The zero-order chi connectivity index (χ0) is 10.3. The Morgan fingerprint density at radius 3 is 1.77 bits per heavy atom. The van der Waals surface area contributed by atoms with Crippen LogP contribution >= 0.6 is 0 Å². The maximum Gasteiger partial charge on any atom is 0.359 e. The van der Waals surface area contributed by atoms with Crippen LogP contribution in [0.5, 0.6) is 0 Å². The minimum absolute atomic E-state index is 0.128. The molecule has 0 spiro atoms. The van der Waals surface area contributed by atoms with Gasteiger partial charge in [0.2, 0.25) is 0 Å². The van der Waals surface area contributed by atoms with Gasteiger partial charge in [0.05, 0.1) is 13.2 Å². The molecule has 0 heterocycles. The van der Waals surface area contributed by atoms with Gasteiger partial charge in [-0.15, -0.1) is 0 Å². The van der Waals surface area contributed by atoms with E-state index in [0.717, 1.165) is 0 Å². The minimum Gasteiger partial charge on any atom is -0.477 e. The third-order valence-corrected chi connectivity index (χ3v) is 1.92. The van der Waals surface area contributed by atoms with Crippen LogP contribution in [0.2, 0.25) is 0 Å². The van der Waals surface area contributed by atoms with E-state index in [0.29, 0.717) is 0 Å². The SMILES string of the molecule is O=C(O)C[N+](CO)(CCO)CCO. The predicted molar refractivity (Wildman–Crippen MR) is 43.8 cm³/mol. The van der Waals surface area contributed by atoms with Crippen molar-refractivity contribution in [1.82, 2.24) is 0 Å². The second-order valence-corrected chi connectivity index (χ2v) is 2.93. The van der Waals surface area contributed by atoms with E-state index >= 15 is 0 Å². The molecule has 78 valence electrons. The smallest absolute Gasteiger partial charge is 0.359 e. The summed E-state index contributed by atoms with van der Waals surface area (Å²) in [7, 11) is 0. The fraction of sp³-hybridized carbons (Fsp3) is 0.857. The number of nitrogens with zero attached hydrogens (tertiary/aromatic N) is 1. The third kappa shape index (κ3) is 4.18. The second kappa shape index (κ2) is 5.87. The van der Waals surface area contributed by atoms with Crippen LogP contribution in [0.1, 0.15) is 0 Å². The first-order valence-electron chi connectivity index (χ1n) is 3.99. The zero-order valence-corrected chi connectivity index (χ0v) is 7.39. The van der Waals surface area contributed by atoms with Gasteiger partial charge in [-0.2, -0.15) is 0 Å². The molecule has 0 saturated heterocycles. The Hall–Kier alpha value is -0.690. The van der Waals surface area contributed by atoms with Crippen LogP contribution in [0.3, 0.4) is 0 Å². The molecule has 0 amide bonds. The molecule has 4 N–H and O–H groups in total. The monoisotopic (exact) mass is 194 g/mol. The highest BCUT2D eigenvalue weighted by Crippen LogP contribution is 2.03. The molecule has 0 unspecified atom stereocenters. The first-order valence-corrected chi connectivity index (χ1v) is 3.99. The molecule has 0 fully saturated rings. The Kier molecular flexibility index (Phi) is 5.56. The number of aliphatic hydroxyl groups excluding tert-OH is 3. The van der Waals surface area contributed by atoms with Crippen molar-refractivity contribution in [1.29, 1.82) is 0 Å². The van der Waals surface area contributed by atoms with Gasteiger partial charge in [-0.05, 0) is 0 Å². The highest BCUT2D eigenvalue weighted by Gasteiger charge is 2.28. The Balaban J connectivity index is 4.33. The van der Waals surface area contributed by atoms with E-state index in [9.17, 15) is 4.79 Å². The maximum atomic E-state index is 10.4. The first kappa shape index (κ1) is 12.3. The number of aliphatic carboxylic acids is 1. The molecule has 0 radical (unpaired) electrons. The fourth-order valence-corrected chi connectivity index (χ4v) is 1.17. The number of aliphatic hydroxyl groups is 3. The molecular weight excluding hydrogens is 178 g/mol. The van der Waals surface area contributed by atoms with Crippen molar-refractivity contribution < 1.29 is 29.7 Å². The number of rotatable bonds is 7. The van der Waals surface area contributed by atoms with Crippen LogP contribution < -0.4 is 0 Å². The normalized spacial score (nSPS) is 11.6. The molecule has 0 aromatic rings.